The van der Waals surface area contributed by atoms with Crippen molar-refractivity contribution in [3.8, 4) is 17.1 Å². The van der Waals surface area contributed by atoms with E-state index in [1.807, 2.05) is 31.2 Å². The topological polar surface area (TPSA) is 70.5 Å². The highest BCUT2D eigenvalue weighted by Gasteiger charge is 2.16. The third-order valence-electron chi connectivity index (χ3n) is 3.79. The van der Waals surface area contributed by atoms with Gasteiger partial charge in [-0.25, -0.2) is 0 Å². The summed E-state index contributed by atoms with van der Waals surface area (Å²) in [5.41, 5.74) is 8.37. The normalized spacial score (nSPS) is 18.1. The molecular formula is C16H20N2O3. The predicted octanol–water partition coefficient (Wildman–Crippen LogP) is 2.67. The van der Waals surface area contributed by atoms with Crippen molar-refractivity contribution >= 4 is 0 Å². The molecule has 1 fully saturated rings. The molecule has 0 radical (unpaired) electrons. The van der Waals surface area contributed by atoms with E-state index in [4.69, 9.17) is 19.7 Å². The summed E-state index contributed by atoms with van der Waals surface area (Å²) in [6.45, 7) is 3.81. The number of rotatable bonds is 5. The molecule has 21 heavy (non-hydrogen) atoms. The molecule has 3 rings (SSSR count). The van der Waals surface area contributed by atoms with Crippen LogP contribution in [0.2, 0.25) is 0 Å². The van der Waals surface area contributed by atoms with Gasteiger partial charge in [0.2, 0.25) is 0 Å². The number of ether oxygens (including phenoxy) is 2. The molecule has 1 aliphatic rings. The summed E-state index contributed by atoms with van der Waals surface area (Å²) in [5, 5.41) is 3.97. The van der Waals surface area contributed by atoms with Gasteiger partial charge in [-0.15, -0.1) is 0 Å². The molecule has 2 N–H and O–H groups in total. The number of nitrogens with two attached hydrogens (primary N) is 1. The van der Waals surface area contributed by atoms with Crippen LogP contribution in [0.1, 0.15) is 24.1 Å². The van der Waals surface area contributed by atoms with Gasteiger partial charge in [-0.2, -0.15) is 0 Å². The Morgan fingerprint density at radius 1 is 1.33 bits per heavy atom. The van der Waals surface area contributed by atoms with Gasteiger partial charge in [0.05, 0.1) is 6.10 Å². The summed E-state index contributed by atoms with van der Waals surface area (Å²) < 4.78 is 16.6. The van der Waals surface area contributed by atoms with Crippen LogP contribution in [0.4, 0.5) is 0 Å². The summed E-state index contributed by atoms with van der Waals surface area (Å²) in [6, 6.07) is 7.82. The fourth-order valence-electron chi connectivity index (χ4n) is 2.50. The Labute approximate surface area is 124 Å². The molecule has 2 aromatic rings. The second-order valence-corrected chi connectivity index (χ2v) is 5.26. The minimum atomic E-state index is 0.230. The van der Waals surface area contributed by atoms with Crippen LogP contribution < -0.4 is 10.5 Å². The van der Waals surface area contributed by atoms with Gasteiger partial charge in [-0.1, -0.05) is 5.16 Å². The molecule has 5 heteroatoms. The van der Waals surface area contributed by atoms with Crippen molar-refractivity contribution in [2.45, 2.75) is 32.4 Å². The van der Waals surface area contributed by atoms with E-state index < -0.39 is 0 Å². The van der Waals surface area contributed by atoms with Crippen LogP contribution in [0, 0.1) is 6.92 Å². The summed E-state index contributed by atoms with van der Waals surface area (Å²) in [7, 11) is 0. The molecule has 0 saturated carbocycles. The smallest absolute Gasteiger partial charge is 0.170 e. The van der Waals surface area contributed by atoms with Crippen molar-refractivity contribution in [3.05, 3.63) is 35.5 Å². The summed E-state index contributed by atoms with van der Waals surface area (Å²) >= 11 is 0. The molecular weight excluding hydrogens is 268 g/mol. The lowest BCUT2D eigenvalue weighted by atomic mass is 10.1. The molecule has 1 aromatic carbocycles. The van der Waals surface area contributed by atoms with Crippen LogP contribution in [0.15, 0.2) is 28.8 Å². The zero-order chi connectivity index (χ0) is 14.7. The Kier molecular flexibility index (Phi) is 4.22. The average Bonchev–Trinajstić information content (AvgIpc) is 3.15. The van der Waals surface area contributed by atoms with E-state index in [0.29, 0.717) is 13.2 Å². The van der Waals surface area contributed by atoms with Crippen LogP contribution >= 0.6 is 0 Å². The maximum absolute atomic E-state index is 5.75. The first kappa shape index (κ1) is 14.1. The maximum atomic E-state index is 5.75. The van der Waals surface area contributed by atoms with Gasteiger partial charge in [0.15, 0.2) is 5.76 Å². The number of nitrogens with zero attached hydrogens (tertiary/aromatic N) is 1. The Hall–Kier alpha value is -1.85. The molecule has 1 atom stereocenters. The van der Waals surface area contributed by atoms with Gasteiger partial charge in [0.25, 0.3) is 0 Å². The summed E-state index contributed by atoms with van der Waals surface area (Å²) in [5.74, 6) is 1.60. The zero-order valence-corrected chi connectivity index (χ0v) is 12.2. The lowest BCUT2D eigenvalue weighted by Crippen LogP contribution is -2.16. The average molecular weight is 288 g/mol. The maximum Gasteiger partial charge on any atom is 0.170 e. The largest absolute Gasteiger partial charge is 0.491 e. The first-order valence-corrected chi connectivity index (χ1v) is 7.28. The SMILES string of the molecule is Cc1c(CN)noc1-c1ccc(OCC2CCCO2)cc1. The van der Waals surface area contributed by atoms with E-state index in [2.05, 4.69) is 5.16 Å². The van der Waals surface area contributed by atoms with Crippen molar-refractivity contribution in [2.75, 3.05) is 13.2 Å². The van der Waals surface area contributed by atoms with Gasteiger partial charge in [0.1, 0.15) is 18.1 Å². The number of hydrogen-bond donors (Lipinski definition) is 1. The fourth-order valence-corrected chi connectivity index (χ4v) is 2.50. The molecule has 5 nitrogen and oxygen atoms in total. The first-order chi connectivity index (χ1) is 10.3. The van der Waals surface area contributed by atoms with Crippen molar-refractivity contribution < 1.29 is 14.0 Å². The van der Waals surface area contributed by atoms with Gasteiger partial charge in [-0.3, -0.25) is 0 Å². The molecule has 0 spiro atoms. The van der Waals surface area contributed by atoms with Crippen molar-refractivity contribution in [3.63, 3.8) is 0 Å². The van der Waals surface area contributed by atoms with E-state index in [9.17, 15) is 0 Å². The third kappa shape index (κ3) is 3.09. The van der Waals surface area contributed by atoms with Crippen LogP contribution in [0.3, 0.4) is 0 Å². The Morgan fingerprint density at radius 2 is 2.14 bits per heavy atom. The van der Waals surface area contributed by atoms with Crippen LogP contribution in [-0.2, 0) is 11.3 Å². The van der Waals surface area contributed by atoms with Crippen molar-refractivity contribution in [2.24, 2.45) is 5.73 Å². The third-order valence-corrected chi connectivity index (χ3v) is 3.79. The van der Waals surface area contributed by atoms with Gasteiger partial charge >= 0.3 is 0 Å². The van der Waals surface area contributed by atoms with E-state index in [1.165, 1.54) is 0 Å². The predicted molar refractivity (Wildman–Crippen MR) is 79.0 cm³/mol. The molecule has 1 unspecified atom stereocenters. The molecule has 0 aliphatic carbocycles. The standard InChI is InChI=1S/C16H20N2O3/c1-11-15(9-17)18-21-16(11)12-4-6-13(7-5-12)20-10-14-3-2-8-19-14/h4-7,14H,2-3,8-10,17H2,1H3. The van der Waals surface area contributed by atoms with Crippen LogP contribution in [0.25, 0.3) is 11.3 Å². The molecule has 2 heterocycles. The lowest BCUT2D eigenvalue weighted by molar-refractivity contribution is 0.0679. The summed E-state index contributed by atoms with van der Waals surface area (Å²) in [6.07, 6.45) is 2.44. The van der Waals surface area contributed by atoms with E-state index in [1.54, 1.807) is 0 Å². The highest BCUT2D eigenvalue weighted by molar-refractivity contribution is 5.62. The monoisotopic (exact) mass is 288 g/mol. The number of hydrogen-bond acceptors (Lipinski definition) is 5. The quantitative estimate of drug-likeness (QED) is 0.916. The number of benzene rings is 1. The van der Waals surface area contributed by atoms with Crippen LogP contribution in [0.5, 0.6) is 5.75 Å². The van der Waals surface area contributed by atoms with E-state index >= 15 is 0 Å². The van der Waals surface area contributed by atoms with Crippen LogP contribution in [-0.4, -0.2) is 24.5 Å². The first-order valence-electron chi connectivity index (χ1n) is 7.28. The Morgan fingerprint density at radius 3 is 2.76 bits per heavy atom. The Bertz CT molecular complexity index is 586. The molecule has 0 bridgehead atoms. The van der Waals surface area contributed by atoms with Crippen molar-refractivity contribution in [1.29, 1.82) is 0 Å². The molecule has 0 amide bonds. The zero-order valence-electron chi connectivity index (χ0n) is 12.2. The summed E-state index contributed by atoms with van der Waals surface area (Å²) in [4.78, 5) is 0. The Balaban J connectivity index is 1.66. The van der Waals surface area contributed by atoms with E-state index in [0.717, 1.165) is 47.8 Å². The van der Waals surface area contributed by atoms with Crippen molar-refractivity contribution in [1.82, 2.24) is 5.16 Å². The second-order valence-electron chi connectivity index (χ2n) is 5.26. The highest BCUT2D eigenvalue weighted by Crippen LogP contribution is 2.27. The van der Waals surface area contributed by atoms with Gasteiger partial charge < -0.3 is 19.7 Å². The highest BCUT2D eigenvalue weighted by atomic mass is 16.5. The van der Waals surface area contributed by atoms with E-state index in [-0.39, 0.29) is 6.10 Å². The minimum Gasteiger partial charge on any atom is -0.491 e. The molecule has 112 valence electrons. The van der Waals surface area contributed by atoms with Gasteiger partial charge in [0, 0.05) is 24.3 Å². The molecule has 1 saturated heterocycles. The molecule has 1 aromatic heterocycles. The van der Waals surface area contributed by atoms with Gasteiger partial charge in [-0.05, 0) is 44.0 Å². The lowest BCUT2D eigenvalue weighted by Gasteiger charge is -2.11. The molecule has 1 aliphatic heterocycles. The second kappa shape index (κ2) is 6.28. The number of aromatic nitrogens is 1. The fraction of sp³-hybridized carbons (Fsp3) is 0.438. The minimum absolute atomic E-state index is 0.230.